The maximum Gasteiger partial charge on any atom is 0.411 e. The minimum Gasteiger partial charge on any atom is -0.548 e. The Labute approximate surface area is 209 Å². The van der Waals surface area contributed by atoms with Crippen LogP contribution in [0.3, 0.4) is 0 Å². The predicted molar refractivity (Wildman–Crippen MR) is 128 cm³/mol. The number of carbonyl (C=O) groups is 4. The summed E-state index contributed by atoms with van der Waals surface area (Å²) in [5.74, 6) is -2.67. The molecule has 0 aromatic heterocycles. The van der Waals surface area contributed by atoms with Gasteiger partial charge in [0.15, 0.2) is 0 Å². The number of anilines is 1. The molecule has 3 atom stereocenters. The molecule has 3 unspecified atom stereocenters. The average Bonchev–Trinajstić information content (AvgIpc) is 2.95. The number of carbonyl (C=O) groups excluding carboxylic acids is 4. The van der Waals surface area contributed by atoms with Gasteiger partial charge >= 0.3 is 12.1 Å². The number of aliphatic carboxylic acids is 1. The molecule has 190 valence electrons. The minimum atomic E-state index is -1.47. The van der Waals surface area contributed by atoms with Gasteiger partial charge in [0.05, 0.1) is 12.0 Å². The Balaban J connectivity index is 1.66. The highest BCUT2D eigenvalue weighted by Crippen LogP contribution is 2.35. The molecule has 0 spiro atoms. The normalized spacial score (nSPS) is 22.4. The number of aryl methyl sites for hydroxylation is 1. The lowest BCUT2D eigenvalue weighted by atomic mass is 9.96. The van der Waals surface area contributed by atoms with E-state index in [0.717, 1.165) is 10.5 Å². The van der Waals surface area contributed by atoms with Crippen LogP contribution in [0.25, 0.3) is 0 Å². The van der Waals surface area contributed by atoms with Crippen molar-refractivity contribution in [3.8, 4) is 0 Å². The van der Waals surface area contributed by atoms with E-state index < -0.39 is 47.7 Å². The zero-order chi connectivity index (χ0) is 26.0. The molecule has 2 aromatic carbocycles. The van der Waals surface area contributed by atoms with Crippen molar-refractivity contribution in [2.45, 2.75) is 63.8 Å². The first-order valence-corrected chi connectivity index (χ1v) is 11.9. The number of amides is 2. The molecule has 1 saturated heterocycles. The van der Waals surface area contributed by atoms with E-state index in [-0.39, 0.29) is 19.4 Å². The number of ether oxygens (including phenoxy) is 2. The number of carboxylic acids is 1. The van der Waals surface area contributed by atoms with Crippen molar-refractivity contribution in [3.05, 3.63) is 65.7 Å². The van der Waals surface area contributed by atoms with Crippen molar-refractivity contribution in [1.29, 1.82) is 0 Å². The Morgan fingerprint density at radius 3 is 2.39 bits per heavy atom. The van der Waals surface area contributed by atoms with E-state index in [0.29, 0.717) is 17.7 Å². The Bertz CT molecular complexity index is 1160. The van der Waals surface area contributed by atoms with E-state index in [9.17, 15) is 24.3 Å². The van der Waals surface area contributed by atoms with Crippen LogP contribution in [0.5, 0.6) is 0 Å². The number of carboxylic acid groups (broad SMARTS) is 1. The van der Waals surface area contributed by atoms with Crippen LogP contribution in [0.4, 0.5) is 10.5 Å². The van der Waals surface area contributed by atoms with Gasteiger partial charge in [0.25, 0.3) is 5.91 Å². The molecular formula is C27H29N2O7-. The van der Waals surface area contributed by atoms with Crippen LogP contribution in [0, 0.1) is 0 Å². The van der Waals surface area contributed by atoms with Gasteiger partial charge in [-0.2, -0.15) is 0 Å². The summed E-state index contributed by atoms with van der Waals surface area (Å²) in [7, 11) is 0. The fourth-order valence-corrected chi connectivity index (χ4v) is 4.72. The Morgan fingerprint density at radius 2 is 1.72 bits per heavy atom. The van der Waals surface area contributed by atoms with Crippen LogP contribution < -0.4 is 10.0 Å². The van der Waals surface area contributed by atoms with Crippen LogP contribution in [0.2, 0.25) is 0 Å². The Hall–Kier alpha value is -3.88. The monoisotopic (exact) mass is 493 g/mol. The fourth-order valence-electron chi connectivity index (χ4n) is 4.72. The molecule has 0 aliphatic carbocycles. The zero-order valence-electron chi connectivity index (χ0n) is 20.5. The van der Waals surface area contributed by atoms with Gasteiger partial charge in [0.2, 0.25) is 0 Å². The van der Waals surface area contributed by atoms with Gasteiger partial charge in [-0.1, -0.05) is 48.5 Å². The zero-order valence-corrected chi connectivity index (χ0v) is 20.5. The molecule has 2 amide bonds. The topological polar surface area (TPSA) is 116 Å². The lowest BCUT2D eigenvalue weighted by Gasteiger charge is -2.43. The van der Waals surface area contributed by atoms with Crippen molar-refractivity contribution in [1.82, 2.24) is 4.90 Å². The lowest BCUT2D eigenvalue weighted by Crippen LogP contribution is -2.62. The highest BCUT2D eigenvalue weighted by molar-refractivity contribution is 6.03. The SMILES string of the molecule is CC(C)(C)OC(=O)CN1C(=O)C(N2C(=O)OC(c3ccccc3)CC2C(=O)[O-])CCc2ccccc21. The van der Waals surface area contributed by atoms with E-state index in [1.807, 2.05) is 12.1 Å². The van der Waals surface area contributed by atoms with E-state index in [1.54, 1.807) is 63.2 Å². The van der Waals surface area contributed by atoms with Gasteiger partial charge in [-0.05, 0) is 50.8 Å². The lowest BCUT2D eigenvalue weighted by molar-refractivity contribution is -0.313. The number of rotatable bonds is 5. The molecule has 0 bridgehead atoms. The van der Waals surface area contributed by atoms with Gasteiger partial charge in [0, 0.05) is 12.1 Å². The van der Waals surface area contributed by atoms with E-state index in [2.05, 4.69) is 0 Å². The van der Waals surface area contributed by atoms with E-state index >= 15 is 0 Å². The molecule has 2 aliphatic heterocycles. The smallest absolute Gasteiger partial charge is 0.411 e. The number of cyclic esters (lactones) is 1. The summed E-state index contributed by atoms with van der Waals surface area (Å²) in [6, 6.07) is 13.4. The van der Waals surface area contributed by atoms with Gasteiger partial charge in [0.1, 0.15) is 24.3 Å². The summed E-state index contributed by atoms with van der Waals surface area (Å²) in [5, 5.41) is 12.2. The number of esters is 1. The van der Waals surface area contributed by atoms with Crippen LogP contribution in [0.1, 0.15) is 50.8 Å². The quantitative estimate of drug-likeness (QED) is 0.587. The Kier molecular flexibility index (Phi) is 7.01. The molecule has 4 rings (SSSR count). The average molecular weight is 494 g/mol. The predicted octanol–water partition coefficient (Wildman–Crippen LogP) is 2.38. The first kappa shape index (κ1) is 25.2. The number of fused-ring (bicyclic) bond motifs is 1. The summed E-state index contributed by atoms with van der Waals surface area (Å²) >= 11 is 0. The molecule has 2 heterocycles. The number of hydrogen-bond acceptors (Lipinski definition) is 7. The van der Waals surface area contributed by atoms with Crippen molar-refractivity contribution in [2.24, 2.45) is 0 Å². The molecule has 1 fully saturated rings. The van der Waals surface area contributed by atoms with Gasteiger partial charge in [-0.25, -0.2) is 4.79 Å². The number of hydrogen-bond donors (Lipinski definition) is 0. The van der Waals surface area contributed by atoms with Crippen LogP contribution >= 0.6 is 0 Å². The third-order valence-corrected chi connectivity index (χ3v) is 6.23. The Morgan fingerprint density at radius 1 is 1.06 bits per heavy atom. The summed E-state index contributed by atoms with van der Waals surface area (Å²) in [4.78, 5) is 54.1. The first-order valence-electron chi connectivity index (χ1n) is 11.9. The molecule has 9 heteroatoms. The largest absolute Gasteiger partial charge is 0.548 e. The van der Waals surface area contributed by atoms with Crippen LogP contribution in [0.15, 0.2) is 54.6 Å². The third kappa shape index (κ3) is 5.35. The standard InChI is InChI=1S/C27H30N2O7/c1-27(2,3)36-23(30)16-28-19-12-8-7-9-17(19)13-14-20(24(28)31)29-21(25(32)33)15-22(35-26(29)34)18-10-5-4-6-11-18/h4-12,20-22H,13-16H2,1-3H3,(H,32,33)/p-1. The van der Waals surface area contributed by atoms with Gasteiger partial charge < -0.3 is 19.4 Å². The number of para-hydroxylation sites is 1. The van der Waals surface area contributed by atoms with Gasteiger partial charge in [-0.15, -0.1) is 0 Å². The second-order valence-corrected chi connectivity index (χ2v) is 9.95. The maximum absolute atomic E-state index is 13.8. The van der Waals surface area contributed by atoms with Crippen molar-refractivity contribution in [2.75, 3.05) is 11.4 Å². The van der Waals surface area contributed by atoms with Crippen molar-refractivity contribution in [3.63, 3.8) is 0 Å². The third-order valence-electron chi connectivity index (χ3n) is 6.23. The molecule has 2 aromatic rings. The molecule has 0 N–H and O–H groups in total. The van der Waals surface area contributed by atoms with Crippen molar-refractivity contribution < 1.29 is 33.8 Å². The number of nitrogens with zero attached hydrogens (tertiary/aromatic N) is 2. The molecule has 0 saturated carbocycles. The second-order valence-electron chi connectivity index (χ2n) is 9.95. The van der Waals surface area contributed by atoms with E-state index in [1.165, 1.54) is 4.90 Å². The highest BCUT2D eigenvalue weighted by atomic mass is 16.6. The molecule has 9 nitrogen and oxygen atoms in total. The van der Waals surface area contributed by atoms with Crippen molar-refractivity contribution >= 4 is 29.6 Å². The maximum atomic E-state index is 13.8. The fraction of sp³-hybridized carbons (Fsp3) is 0.407. The van der Waals surface area contributed by atoms with Crippen LogP contribution in [-0.4, -0.2) is 53.1 Å². The minimum absolute atomic E-state index is 0.0686. The molecule has 2 aliphatic rings. The van der Waals surface area contributed by atoms with E-state index in [4.69, 9.17) is 9.47 Å². The second kappa shape index (κ2) is 10.0. The molecule has 0 radical (unpaired) electrons. The van der Waals surface area contributed by atoms with Gasteiger partial charge in [-0.3, -0.25) is 19.4 Å². The highest BCUT2D eigenvalue weighted by Gasteiger charge is 2.45. The molecular weight excluding hydrogens is 464 g/mol. The summed E-state index contributed by atoms with van der Waals surface area (Å²) in [5.41, 5.74) is 1.22. The summed E-state index contributed by atoms with van der Waals surface area (Å²) < 4.78 is 11.0. The summed E-state index contributed by atoms with van der Waals surface area (Å²) in [6.45, 7) is 4.80. The molecule has 36 heavy (non-hydrogen) atoms. The number of benzene rings is 2. The van der Waals surface area contributed by atoms with Crippen LogP contribution in [-0.2, 0) is 30.3 Å². The first-order chi connectivity index (χ1) is 17.0. The summed E-state index contributed by atoms with van der Waals surface area (Å²) in [6.07, 6.45) is -1.21.